The van der Waals surface area contributed by atoms with E-state index in [1.807, 2.05) is 37.6 Å². The van der Waals surface area contributed by atoms with Crippen molar-refractivity contribution < 1.29 is 23.5 Å². The quantitative estimate of drug-likeness (QED) is 0.194. The smallest absolute Gasteiger partial charge is 0.410 e. The second kappa shape index (κ2) is 11.5. The third-order valence-corrected chi connectivity index (χ3v) is 8.22. The molecule has 10 nitrogen and oxygen atoms in total. The molecule has 0 unspecified atom stereocenters. The van der Waals surface area contributed by atoms with Gasteiger partial charge in [-0.3, -0.25) is 4.79 Å². The van der Waals surface area contributed by atoms with E-state index in [0.717, 1.165) is 35.6 Å². The summed E-state index contributed by atoms with van der Waals surface area (Å²) in [5.74, 6) is 0.313. The number of aromatic nitrogens is 3. The molecule has 1 N–H and O–H groups in total. The van der Waals surface area contributed by atoms with Crippen LogP contribution in [0.5, 0.6) is 0 Å². The van der Waals surface area contributed by atoms with Crippen molar-refractivity contribution in [1.29, 1.82) is 0 Å². The number of carbonyl (C=O) groups excluding carboxylic acids is 2. The Bertz CT molecular complexity index is 1320. The number of oxazole rings is 1. The molecule has 0 bridgehead atoms. The third kappa shape index (κ3) is 7.48. The minimum atomic E-state index is -1.18. The largest absolute Gasteiger partial charge is 0.444 e. The minimum absolute atomic E-state index is 0.0193. The summed E-state index contributed by atoms with van der Waals surface area (Å²) in [5.41, 5.74) is 1.67. The van der Waals surface area contributed by atoms with Crippen LogP contribution in [-0.4, -0.2) is 70.7 Å². The first-order chi connectivity index (χ1) is 18.3. The Morgan fingerprint density at radius 3 is 2.64 bits per heavy atom. The average molecular weight is 556 g/mol. The number of Topliss-reactive ketones (excluding diaryl/α,β-unsaturated/α-hetero) is 1. The van der Waals surface area contributed by atoms with E-state index in [-0.39, 0.29) is 23.7 Å². The molecule has 212 valence electrons. The highest BCUT2D eigenvalue weighted by molar-refractivity contribution is 6.76. The van der Waals surface area contributed by atoms with Gasteiger partial charge in [0, 0.05) is 58.5 Å². The standard InChI is InChI=1S/C28H41N5O5Si/c1-19(34)23-16-30-26(37-23)22-15-29-25-21(10-12-33(25)18-36-13-14-39(5,6)7)24(22)31-20-9-8-11-32(17-20)27(35)38-28(2,3)4/h10,12,15-16,20H,8-9,11,13-14,17-18H2,1-7H3,(H,29,31)/t20-/m1/s1. The lowest BCUT2D eigenvalue weighted by molar-refractivity contribution is 0.0206. The molecule has 1 atom stereocenters. The van der Waals surface area contributed by atoms with Gasteiger partial charge in [0.25, 0.3) is 0 Å². The average Bonchev–Trinajstić information content (AvgIpc) is 3.49. The highest BCUT2D eigenvalue weighted by Gasteiger charge is 2.29. The molecular weight excluding hydrogens is 514 g/mol. The normalized spacial score (nSPS) is 16.5. The minimum Gasteiger partial charge on any atom is -0.444 e. The number of fused-ring (bicyclic) bond motifs is 1. The van der Waals surface area contributed by atoms with E-state index in [9.17, 15) is 9.59 Å². The molecule has 1 amide bonds. The molecule has 4 rings (SSSR count). The molecule has 4 heterocycles. The molecule has 39 heavy (non-hydrogen) atoms. The van der Waals surface area contributed by atoms with Crippen molar-refractivity contribution in [1.82, 2.24) is 19.4 Å². The summed E-state index contributed by atoms with van der Waals surface area (Å²) in [7, 11) is -1.18. The molecule has 11 heteroatoms. The van der Waals surface area contributed by atoms with Crippen molar-refractivity contribution in [2.45, 2.75) is 84.6 Å². The Balaban J connectivity index is 1.62. The number of ketones is 1. The van der Waals surface area contributed by atoms with Crippen LogP contribution in [0, 0.1) is 0 Å². The van der Waals surface area contributed by atoms with E-state index in [2.05, 4.69) is 29.9 Å². The van der Waals surface area contributed by atoms with Crippen LogP contribution in [0.2, 0.25) is 25.7 Å². The number of amides is 1. The van der Waals surface area contributed by atoms with Gasteiger partial charge in [0.1, 0.15) is 18.0 Å². The molecular formula is C28H41N5O5Si. The monoisotopic (exact) mass is 555 g/mol. The van der Waals surface area contributed by atoms with Crippen LogP contribution >= 0.6 is 0 Å². The number of anilines is 1. The summed E-state index contributed by atoms with van der Waals surface area (Å²) >= 11 is 0. The lowest BCUT2D eigenvalue weighted by Crippen LogP contribution is -2.47. The molecule has 1 fully saturated rings. The van der Waals surface area contributed by atoms with Crippen LogP contribution in [0.1, 0.15) is 51.1 Å². The van der Waals surface area contributed by atoms with Gasteiger partial charge in [-0.25, -0.2) is 14.8 Å². The van der Waals surface area contributed by atoms with Gasteiger partial charge >= 0.3 is 6.09 Å². The van der Waals surface area contributed by atoms with Gasteiger partial charge in [-0.05, 0) is 45.7 Å². The van der Waals surface area contributed by atoms with Crippen LogP contribution in [0.4, 0.5) is 10.5 Å². The SMILES string of the molecule is CC(=O)c1cnc(-c2cnc3c(ccn3COCC[Si](C)(C)C)c2N[C@@H]2CCCN(C(=O)OC(C)(C)C)C2)o1. The first kappa shape index (κ1) is 28.8. The molecule has 1 aliphatic rings. The zero-order valence-corrected chi connectivity index (χ0v) is 25.2. The maximum atomic E-state index is 12.8. The van der Waals surface area contributed by atoms with Crippen molar-refractivity contribution in [3.63, 3.8) is 0 Å². The number of hydrogen-bond donors (Lipinski definition) is 1. The molecule has 0 radical (unpaired) electrons. The van der Waals surface area contributed by atoms with Crippen LogP contribution in [0.3, 0.4) is 0 Å². The number of piperidine rings is 1. The summed E-state index contributed by atoms with van der Waals surface area (Å²) in [6.07, 6.45) is 6.54. The Hall–Kier alpha value is -3.18. The van der Waals surface area contributed by atoms with Crippen molar-refractivity contribution in [2.75, 3.05) is 25.0 Å². The Labute approximate surface area is 231 Å². The van der Waals surface area contributed by atoms with E-state index in [1.54, 1.807) is 11.1 Å². The highest BCUT2D eigenvalue weighted by Crippen LogP contribution is 2.35. The first-order valence-electron chi connectivity index (χ1n) is 13.6. The van der Waals surface area contributed by atoms with E-state index in [4.69, 9.17) is 18.9 Å². The van der Waals surface area contributed by atoms with Crippen molar-refractivity contribution in [3.8, 4) is 11.5 Å². The maximum absolute atomic E-state index is 12.8. The summed E-state index contributed by atoms with van der Waals surface area (Å²) in [6.45, 7) is 16.3. The number of likely N-dealkylation sites (tertiary alicyclic amines) is 1. The van der Waals surface area contributed by atoms with Crippen molar-refractivity contribution in [3.05, 3.63) is 30.4 Å². The van der Waals surface area contributed by atoms with E-state index in [0.29, 0.717) is 37.9 Å². The molecule has 0 saturated carbocycles. The van der Waals surface area contributed by atoms with Gasteiger partial charge in [-0.1, -0.05) is 19.6 Å². The van der Waals surface area contributed by atoms with Crippen LogP contribution in [-0.2, 0) is 16.2 Å². The lowest BCUT2D eigenvalue weighted by atomic mass is 10.0. The lowest BCUT2D eigenvalue weighted by Gasteiger charge is -2.35. The van der Waals surface area contributed by atoms with Gasteiger partial charge in [0.2, 0.25) is 5.89 Å². The zero-order valence-electron chi connectivity index (χ0n) is 24.2. The summed E-state index contributed by atoms with van der Waals surface area (Å²) in [5, 5.41) is 4.54. The number of ether oxygens (including phenoxy) is 2. The second-order valence-corrected chi connectivity index (χ2v) is 18.0. The highest BCUT2D eigenvalue weighted by atomic mass is 28.3. The van der Waals surface area contributed by atoms with E-state index >= 15 is 0 Å². The van der Waals surface area contributed by atoms with Gasteiger partial charge in [-0.2, -0.15) is 0 Å². The Morgan fingerprint density at radius 2 is 1.97 bits per heavy atom. The molecule has 3 aromatic rings. The van der Waals surface area contributed by atoms with E-state index in [1.165, 1.54) is 13.1 Å². The molecule has 0 spiro atoms. The number of rotatable bonds is 9. The maximum Gasteiger partial charge on any atom is 0.410 e. The number of carbonyl (C=O) groups is 2. The molecule has 1 saturated heterocycles. The zero-order chi connectivity index (χ0) is 28.4. The number of pyridine rings is 1. The van der Waals surface area contributed by atoms with Crippen LogP contribution in [0.25, 0.3) is 22.5 Å². The summed E-state index contributed by atoms with van der Waals surface area (Å²) in [6, 6.07) is 3.07. The van der Waals surface area contributed by atoms with Crippen molar-refractivity contribution >= 4 is 36.7 Å². The summed E-state index contributed by atoms with van der Waals surface area (Å²) in [4.78, 5) is 35.5. The number of nitrogens with one attached hydrogen (secondary N) is 1. The first-order valence-corrected chi connectivity index (χ1v) is 17.3. The van der Waals surface area contributed by atoms with Gasteiger partial charge in [0.15, 0.2) is 11.5 Å². The van der Waals surface area contributed by atoms with Gasteiger partial charge in [-0.15, -0.1) is 0 Å². The van der Waals surface area contributed by atoms with Crippen LogP contribution < -0.4 is 5.32 Å². The fourth-order valence-corrected chi connectivity index (χ4v) is 5.21. The predicted molar refractivity (Wildman–Crippen MR) is 154 cm³/mol. The third-order valence-electron chi connectivity index (χ3n) is 6.52. The van der Waals surface area contributed by atoms with Gasteiger partial charge in [0.05, 0.1) is 17.4 Å². The molecule has 3 aromatic heterocycles. The molecule has 0 aromatic carbocycles. The molecule has 0 aliphatic carbocycles. The topological polar surface area (TPSA) is 112 Å². The number of nitrogens with zero attached hydrogens (tertiary/aromatic N) is 4. The Kier molecular flexibility index (Phi) is 8.50. The fraction of sp³-hybridized carbons (Fsp3) is 0.571. The second-order valence-electron chi connectivity index (χ2n) is 12.4. The molecule has 1 aliphatic heterocycles. The van der Waals surface area contributed by atoms with E-state index < -0.39 is 13.7 Å². The number of hydrogen-bond acceptors (Lipinski definition) is 8. The van der Waals surface area contributed by atoms with Crippen molar-refractivity contribution in [2.24, 2.45) is 0 Å². The fourth-order valence-electron chi connectivity index (χ4n) is 4.45. The predicted octanol–water partition coefficient (Wildman–Crippen LogP) is 6.02. The van der Waals surface area contributed by atoms with Crippen LogP contribution in [0.15, 0.2) is 29.1 Å². The summed E-state index contributed by atoms with van der Waals surface area (Å²) < 4.78 is 19.4. The Morgan fingerprint density at radius 1 is 1.21 bits per heavy atom. The van der Waals surface area contributed by atoms with Gasteiger partial charge < -0.3 is 28.7 Å².